The number of phenols is 1. The molecule has 4 aromatic rings. The summed E-state index contributed by atoms with van der Waals surface area (Å²) < 4.78 is 0. The molecular formula is C16H10ClN3O. The summed E-state index contributed by atoms with van der Waals surface area (Å²) in [6.45, 7) is 0. The molecule has 0 amide bonds. The average Bonchev–Trinajstić information content (AvgIpc) is 2.89. The van der Waals surface area contributed by atoms with Crippen LogP contribution in [0.5, 0.6) is 5.75 Å². The van der Waals surface area contributed by atoms with Crippen molar-refractivity contribution in [1.29, 1.82) is 0 Å². The van der Waals surface area contributed by atoms with Crippen molar-refractivity contribution in [1.82, 2.24) is 15.0 Å². The summed E-state index contributed by atoms with van der Waals surface area (Å²) in [5, 5.41) is 21.6. The molecule has 5 heteroatoms. The van der Waals surface area contributed by atoms with Gasteiger partial charge in [0, 0.05) is 10.4 Å². The van der Waals surface area contributed by atoms with Gasteiger partial charge in [-0.25, -0.2) is 0 Å². The SMILES string of the molecule is Oc1ccc2ccccc2c1-n1nc2ccc(Cl)cc2n1. The summed E-state index contributed by atoms with van der Waals surface area (Å²) in [6, 6.07) is 16.6. The predicted octanol–water partition coefficient (Wildman–Crippen LogP) is 3.93. The number of halogens is 1. The fourth-order valence-corrected chi connectivity index (χ4v) is 2.61. The van der Waals surface area contributed by atoms with Crippen LogP contribution in [0.2, 0.25) is 5.02 Å². The van der Waals surface area contributed by atoms with Crippen LogP contribution in [0.3, 0.4) is 0 Å². The first-order valence-corrected chi connectivity index (χ1v) is 6.84. The lowest BCUT2D eigenvalue weighted by atomic mass is 10.1. The second-order valence-electron chi connectivity index (χ2n) is 4.78. The molecule has 0 aliphatic heterocycles. The number of hydrogen-bond acceptors (Lipinski definition) is 3. The Bertz CT molecular complexity index is 978. The second kappa shape index (κ2) is 4.46. The van der Waals surface area contributed by atoms with Crippen molar-refractivity contribution in [3.05, 3.63) is 59.6 Å². The molecule has 0 fully saturated rings. The van der Waals surface area contributed by atoms with Gasteiger partial charge in [0.15, 0.2) is 0 Å². The minimum atomic E-state index is 0.139. The number of rotatable bonds is 1. The van der Waals surface area contributed by atoms with E-state index < -0.39 is 0 Å². The van der Waals surface area contributed by atoms with E-state index in [1.165, 1.54) is 4.80 Å². The van der Waals surface area contributed by atoms with Gasteiger partial charge < -0.3 is 5.11 Å². The summed E-state index contributed by atoms with van der Waals surface area (Å²) in [5.74, 6) is 0.139. The smallest absolute Gasteiger partial charge is 0.143 e. The molecule has 4 nitrogen and oxygen atoms in total. The van der Waals surface area contributed by atoms with E-state index >= 15 is 0 Å². The van der Waals surface area contributed by atoms with Crippen molar-refractivity contribution in [2.45, 2.75) is 0 Å². The molecular weight excluding hydrogens is 286 g/mol. The van der Waals surface area contributed by atoms with Crippen LogP contribution in [0.25, 0.3) is 27.5 Å². The molecule has 0 spiro atoms. The summed E-state index contributed by atoms with van der Waals surface area (Å²) in [5.41, 5.74) is 1.99. The Hall–Kier alpha value is -2.59. The standard InChI is InChI=1S/C16H10ClN3O/c17-11-6-7-13-14(9-11)19-20(18-13)16-12-4-2-1-3-10(12)5-8-15(16)21/h1-9,21H. The van der Waals surface area contributed by atoms with Crippen molar-refractivity contribution in [2.24, 2.45) is 0 Å². The van der Waals surface area contributed by atoms with Crippen LogP contribution in [-0.2, 0) is 0 Å². The minimum Gasteiger partial charge on any atom is -0.506 e. The predicted molar refractivity (Wildman–Crippen MR) is 83.0 cm³/mol. The van der Waals surface area contributed by atoms with Gasteiger partial charge in [-0.3, -0.25) is 0 Å². The van der Waals surface area contributed by atoms with Gasteiger partial charge in [0.05, 0.1) is 0 Å². The maximum absolute atomic E-state index is 10.2. The van der Waals surface area contributed by atoms with Gasteiger partial charge in [0.1, 0.15) is 22.5 Å². The zero-order chi connectivity index (χ0) is 14.4. The Labute approximate surface area is 125 Å². The van der Waals surface area contributed by atoms with Crippen molar-refractivity contribution in [3.8, 4) is 11.4 Å². The van der Waals surface area contributed by atoms with Gasteiger partial charge in [-0.05, 0) is 29.7 Å². The summed E-state index contributed by atoms with van der Waals surface area (Å²) in [4.78, 5) is 1.46. The maximum atomic E-state index is 10.2. The zero-order valence-corrected chi connectivity index (χ0v) is 11.6. The Morgan fingerprint density at radius 3 is 2.62 bits per heavy atom. The number of aromatic hydroxyl groups is 1. The first-order chi connectivity index (χ1) is 10.2. The molecule has 1 N–H and O–H groups in total. The normalized spacial score (nSPS) is 11.3. The first-order valence-electron chi connectivity index (χ1n) is 6.46. The fraction of sp³-hybridized carbons (Fsp3) is 0. The highest BCUT2D eigenvalue weighted by Gasteiger charge is 2.12. The van der Waals surface area contributed by atoms with E-state index in [9.17, 15) is 5.11 Å². The van der Waals surface area contributed by atoms with Gasteiger partial charge in [-0.15, -0.1) is 15.0 Å². The third-order valence-electron chi connectivity index (χ3n) is 3.42. The molecule has 0 unspecified atom stereocenters. The Morgan fingerprint density at radius 1 is 0.905 bits per heavy atom. The van der Waals surface area contributed by atoms with E-state index in [1.54, 1.807) is 18.2 Å². The third-order valence-corrected chi connectivity index (χ3v) is 3.66. The molecule has 3 aromatic carbocycles. The Morgan fingerprint density at radius 2 is 1.71 bits per heavy atom. The van der Waals surface area contributed by atoms with Gasteiger partial charge >= 0.3 is 0 Å². The zero-order valence-electron chi connectivity index (χ0n) is 10.9. The average molecular weight is 296 g/mol. The van der Waals surface area contributed by atoms with Crippen LogP contribution in [0.1, 0.15) is 0 Å². The highest BCUT2D eigenvalue weighted by molar-refractivity contribution is 6.31. The van der Waals surface area contributed by atoms with Crippen molar-refractivity contribution >= 4 is 33.4 Å². The van der Waals surface area contributed by atoms with Gasteiger partial charge in [0.2, 0.25) is 0 Å². The molecule has 0 saturated carbocycles. The van der Waals surface area contributed by atoms with Crippen molar-refractivity contribution in [3.63, 3.8) is 0 Å². The minimum absolute atomic E-state index is 0.139. The van der Waals surface area contributed by atoms with Crippen LogP contribution in [0.15, 0.2) is 54.6 Å². The lowest BCUT2D eigenvalue weighted by molar-refractivity contribution is 0.469. The highest BCUT2D eigenvalue weighted by atomic mass is 35.5. The lowest BCUT2D eigenvalue weighted by Crippen LogP contribution is -2.00. The highest BCUT2D eigenvalue weighted by Crippen LogP contribution is 2.30. The van der Waals surface area contributed by atoms with Crippen LogP contribution in [-0.4, -0.2) is 20.1 Å². The van der Waals surface area contributed by atoms with E-state index in [-0.39, 0.29) is 5.75 Å². The molecule has 0 radical (unpaired) electrons. The summed E-state index contributed by atoms with van der Waals surface area (Å²) in [6.07, 6.45) is 0. The fourth-order valence-electron chi connectivity index (χ4n) is 2.44. The molecule has 0 saturated heterocycles. The maximum Gasteiger partial charge on any atom is 0.143 e. The molecule has 1 aromatic heterocycles. The van der Waals surface area contributed by atoms with Gasteiger partial charge in [-0.1, -0.05) is 41.9 Å². The first kappa shape index (κ1) is 12.2. The summed E-state index contributed by atoms with van der Waals surface area (Å²) >= 11 is 5.97. The van der Waals surface area contributed by atoms with E-state index in [1.807, 2.05) is 36.4 Å². The number of aromatic nitrogens is 3. The molecule has 21 heavy (non-hydrogen) atoms. The molecule has 4 rings (SSSR count). The quantitative estimate of drug-likeness (QED) is 0.579. The molecule has 0 bridgehead atoms. The van der Waals surface area contributed by atoms with Gasteiger partial charge in [-0.2, -0.15) is 0 Å². The van der Waals surface area contributed by atoms with E-state index in [2.05, 4.69) is 10.2 Å². The van der Waals surface area contributed by atoms with Crippen molar-refractivity contribution < 1.29 is 5.11 Å². The van der Waals surface area contributed by atoms with Crippen LogP contribution in [0.4, 0.5) is 0 Å². The van der Waals surface area contributed by atoms with Crippen LogP contribution < -0.4 is 0 Å². The topological polar surface area (TPSA) is 50.9 Å². The largest absolute Gasteiger partial charge is 0.506 e. The molecule has 0 aliphatic carbocycles. The molecule has 0 aliphatic rings. The number of benzene rings is 3. The van der Waals surface area contributed by atoms with E-state index in [0.717, 1.165) is 16.3 Å². The van der Waals surface area contributed by atoms with E-state index in [4.69, 9.17) is 11.6 Å². The lowest BCUT2D eigenvalue weighted by Gasteiger charge is -2.07. The third kappa shape index (κ3) is 1.92. The number of fused-ring (bicyclic) bond motifs is 2. The summed E-state index contributed by atoms with van der Waals surface area (Å²) in [7, 11) is 0. The van der Waals surface area contributed by atoms with E-state index in [0.29, 0.717) is 16.2 Å². The number of phenolic OH excluding ortho intramolecular Hbond substituents is 1. The van der Waals surface area contributed by atoms with Crippen molar-refractivity contribution in [2.75, 3.05) is 0 Å². The molecule has 102 valence electrons. The van der Waals surface area contributed by atoms with Crippen LogP contribution >= 0.6 is 11.6 Å². The molecule has 1 heterocycles. The molecule has 0 atom stereocenters. The monoisotopic (exact) mass is 295 g/mol. The van der Waals surface area contributed by atoms with Gasteiger partial charge in [0.25, 0.3) is 0 Å². The second-order valence-corrected chi connectivity index (χ2v) is 5.21. The number of hydrogen-bond donors (Lipinski definition) is 1. The Balaban J connectivity index is 2.05. The number of nitrogens with zero attached hydrogens (tertiary/aromatic N) is 3. The van der Waals surface area contributed by atoms with Crippen LogP contribution in [0, 0.1) is 0 Å². The Kier molecular flexibility index (Phi) is 2.59.